The molecule has 1 radical (unpaired) electrons. The Balaban J connectivity index is 2.17. The molecule has 5 heteroatoms. The largest absolute Gasteiger partial charge is 0.457 e. The van der Waals surface area contributed by atoms with Crippen molar-refractivity contribution in [3.63, 3.8) is 0 Å². The van der Waals surface area contributed by atoms with Crippen molar-refractivity contribution in [2.24, 2.45) is 0 Å². The van der Waals surface area contributed by atoms with Crippen molar-refractivity contribution in [3.05, 3.63) is 48.4 Å². The maximum Gasteiger partial charge on any atom is 0.379 e. The lowest BCUT2D eigenvalue weighted by Crippen LogP contribution is -2.08. The quantitative estimate of drug-likeness (QED) is 0.703. The van der Waals surface area contributed by atoms with Crippen LogP contribution >= 0.6 is 0 Å². The Kier molecular flexibility index (Phi) is 2.45. The molecular weight excluding hydrogens is 201 g/mol. The summed E-state index contributed by atoms with van der Waals surface area (Å²) in [6.07, 6.45) is 4.59. The molecule has 0 fully saturated rings. The SMILES string of the molecule is O=C(Oc1c[c]ncc1F)c1ccco1. The average molecular weight is 206 g/mol. The first kappa shape index (κ1) is 9.39. The van der Waals surface area contributed by atoms with E-state index in [4.69, 9.17) is 9.15 Å². The number of rotatable bonds is 2. The number of hydrogen-bond acceptors (Lipinski definition) is 4. The molecule has 0 aliphatic heterocycles. The Morgan fingerprint density at radius 2 is 2.47 bits per heavy atom. The van der Waals surface area contributed by atoms with E-state index >= 15 is 0 Å². The van der Waals surface area contributed by atoms with Gasteiger partial charge in [0.2, 0.25) is 5.76 Å². The monoisotopic (exact) mass is 206 g/mol. The standard InChI is InChI=1S/C10H5FNO3/c11-7-6-12-4-3-8(7)15-10(13)9-2-1-5-14-9/h1-3,5-6H. The highest BCUT2D eigenvalue weighted by Gasteiger charge is 2.13. The van der Waals surface area contributed by atoms with Crippen LogP contribution in [0.5, 0.6) is 5.75 Å². The molecule has 0 saturated heterocycles. The van der Waals surface area contributed by atoms with Crippen LogP contribution in [0, 0.1) is 12.0 Å². The molecule has 0 unspecified atom stereocenters. The second-order valence-electron chi connectivity index (χ2n) is 2.61. The first-order valence-electron chi connectivity index (χ1n) is 4.04. The van der Waals surface area contributed by atoms with Gasteiger partial charge in [-0.1, -0.05) is 0 Å². The molecule has 0 atom stereocenters. The van der Waals surface area contributed by atoms with E-state index in [2.05, 4.69) is 11.2 Å². The van der Waals surface area contributed by atoms with Crippen LogP contribution in [-0.2, 0) is 0 Å². The summed E-state index contributed by atoms with van der Waals surface area (Å²) in [5, 5.41) is 0. The lowest BCUT2D eigenvalue weighted by Gasteiger charge is -2.01. The zero-order chi connectivity index (χ0) is 10.7. The topological polar surface area (TPSA) is 52.3 Å². The fraction of sp³-hybridized carbons (Fsp3) is 0. The van der Waals surface area contributed by atoms with Gasteiger partial charge in [-0.25, -0.2) is 9.18 Å². The molecule has 2 aromatic rings. The highest BCUT2D eigenvalue weighted by atomic mass is 19.1. The van der Waals surface area contributed by atoms with E-state index in [0.29, 0.717) is 0 Å². The number of carbonyl (C=O) groups excluding carboxylic acids is 1. The van der Waals surface area contributed by atoms with Crippen LogP contribution in [0.15, 0.2) is 35.1 Å². The minimum absolute atomic E-state index is 0.00575. The summed E-state index contributed by atoms with van der Waals surface area (Å²) in [5.74, 6) is -1.72. The smallest absolute Gasteiger partial charge is 0.379 e. The third-order valence-electron chi connectivity index (χ3n) is 1.61. The van der Waals surface area contributed by atoms with Crippen LogP contribution in [0.25, 0.3) is 0 Å². The lowest BCUT2D eigenvalue weighted by molar-refractivity contribution is 0.0694. The molecular formula is C10H5FNO3. The Labute approximate surface area is 84.3 Å². The van der Waals surface area contributed by atoms with Crippen molar-refractivity contribution in [1.82, 2.24) is 4.98 Å². The number of carbonyl (C=O) groups is 1. The maximum atomic E-state index is 13.0. The van der Waals surface area contributed by atoms with Gasteiger partial charge in [-0.3, -0.25) is 4.98 Å². The molecule has 0 aromatic carbocycles. The average Bonchev–Trinajstić information content (AvgIpc) is 2.74. The van der Waals surface area contributed by atoms with Gasteiger partial charge in [-0.15, -0.1) is 0 Å². The molecule has 75 valence electrons. The van der Waals surface area contributed by atoms with Crippen LogP contribution in [-0.4, -0.2) is 11.0 Å². The molecule has 0 N–H and O–H groups in total. The van der Waals surface area contributed by atoms with E-state index in [9.17, 15) is 9.18 Å². The van der Waals surface area contributed by atoms with Gasteiger partial charge in [0.1, 0.15) is 0 Å². The zero-order valence-corrected chi connectivity index (χ0v) is 7.44. The Hall–Kier alpha value is -2.17. The minimum atomic E-state index is -0.765. The molecule has 0 aliphatic rings. The zero-order valence-electron chi connectivity index (χ0n) is 7.44. The third kappa shape index (κ3) is 2.01. The number of furan rings is 1. The third-order valence-corrected chi connectivity index (χ3v) is 1.61. The first-order chi connectivity index (χ1) is 7.27. The maximum absolute atomic E-state index is 13.0. The summed E-state index contributed by atoms with van der Waals surface area (Å²) in [7, 11) is 0. The minimum Gasteiger partial charge on any atom is -0.457 e. The molecule has 2 rings (SSSR count). The number of hydrogen-bond donors (Lipinski definition) is 0. The van der Waals surface area contributed by atoms with Crippen LogP contribution in [0.1, 0.15) is 10.6 Å². The van der Waals surface area contributed by atoms with Gasteiger partial charge in [0, 0.05) is 6.07 Å². The number of pyridine rings is 1. The van der Waals surface area contributed by atoms with Gasteiger partial charge in [0.05, 0.1) is 18.7 Å². The molecule has 0 aliphatic carbocycles. The number of aromatic nitrogens is 1. The van der Waals surface area contributed by atoms with E-state index in [-0.39, 0.29) is 11.5 Å². The summed E-state index contributed by atoms with van der Waals surface area (Å²) >= 11 is 0. The van der Waals surface area contributed by atoms with Gasteiger partial charge in [-0.05, 0) is 12.1 Å². The van der Waals surface area contributed by atoms with E-state index in [1.807, 2.05) is 0 Å². The van der Waals surface area contributed by atoms with Crippen LogP contribution in [0.3, 0.4) is 0 Å². The Morgan fingerprint density at radius 1 is 1.60 bits per heavy atom. The fourth-order valence-electron chi connectivity index (χ4n) is 0.945. The van der Waals surface area contributed by atoms with E-state index in [0.717, 1.165) is 12.3 Å². The lowest BCUT2D eigenvalue weighted by atomic mass is 10.4. The van der Waals surface area contributed by atoms with Gasteiger partial charge in [0.25, 0.3) is 0 Å². The highest BCUT2D eigenvalue weighted by Crippen LogP contribution is 2.15. The Bertz CT molecular complexity index is 467. The van der Waals surface area contributed by atoms with E-state index in [1.165, 1.54) is 18.4 Å². The second kappa shape index (κ2) is 3.91. The van der Waals surface area contributed by atoms with E-state index < -0.39 is 11.8 Å². The molecule has 0 bridgehead atoms. The normalized spacial score (nSPS) is 9.93. The molecule has 0 saturated carbocycles. The molecule has 4 nitrogen and oxygen atoms in total. The summed E-state index contributed by atoms with van der Waals surface area (Å²) in [6, 6.07) is 4.09. The molecule has 0 amide bonds. The molecule has 0 spiro atoms. The summed E-state index contributed by atoms with van der Waals surface area (Å²) in [6.45, 7) is 0. The molecule has 2 heterocycles. The van der Waals surface area contributed by atoms with Crippen molar-refractivity contribution in [3.8, 4) is 5.75 Å². The second-order valence-corrected chi connectivity index (χ2v) is 2.61. The van der Waals surface area contributed by atoms with Gasteiger partial charge in [0.15, 0.2) is 11.6 Å². The Morgan fingerprint density at radius 3 is 3.13 bits per heavy atom. The van der Waals surface area contributed by atoms with E-state index in [1.54, 1.807) is 0 Å². The van der Waals surface area contributed by atoms with Crippen LogP contribution in [0.4, 0.5) is 4.39 Å². The van der Waals surface area contributed by atoms with Crippen LogP contribution in [0.2, 0.25) is 0 Å². The predicted molar refractivity (Wildman–Crippen MR) is 46.7 cm³/mol. The molecule has 2 aromatic heterocycles. The van der Waals surface area contributed by atoms with Crippen molar-refractivity contribution in [2.75, 3.05) is 0 Å². The first-order valence-corrected chi connectivity index (χ1v) is 4.04. The summed E-state index contributed by atoms with van der Waals surface area (Å²) in [4.78, 5) is 14.7. The number of esters is 1. The highest BCUT2D eigenvalue weighted by molar-refractivity contribution is 5.88. The predicted octanol–water partition coefficient (Wildman–Crippen LogP) is 1.83. The van der Waals surface area contributed by atoms with Gasteiger partial charge in [-0.2, -0.15) is 0 Å². The number of nitrogens with zero attached hydrogens (tertiary/aromatic N) is 1. The van der Waals surface area contributed by atoms with Crippen molar-refractivity contribution < 1.29 is 18.3 Å². The summed E-state index contributed by atoms with van der Waals surface area (Å²) < 4.78 is 22.5. The summed E-state index contributed by atoms with van der Waals surface area (Å²) in [5.41, 5.74) is 0. The van der Waals surface area contributed by atoms with Gasteiger partial charge < -0.3 is 9.15 Å². The van der Waals surface area contributed by atoms with Crippen molar-refractivity contribution >= 4 is 5.97 Å². The van der Waals surface area contributed by atoms with Crippen molar-refractivity contribution in [1.29, 1.82) is 0 Å². The van der Waals surface area contributed by atoms with Crippen molar-refractivity contribution in [2.45, 2.75) is 0 Å². The van der Waals surface area contributed by atoms with Gasteiger partial charge >= 0.3 is 5.97 Å². The molecule has 15 heavy (non-hydrogen) atoms. The number of halogens is 1. The fourth-order valence-corrected chi connectivity index (χ4v) is 0.945. The van der Waals surface area contributed by atoms with Crippen LogP contribution < -0.4 is 4.74 Å². The number of ether oxygens (including phenoxy) is 1.